The van der Waals surface area contributed by atoms with E-state index in [1.807, 2.05) is 36.4 Å². The zero-order chi connectivity index (χ0) is 26.7. The average molecular weight is 512 g/mol. The maximum absolute atomic E-state index is 4.71. The Kier molecular flexibility index (Phi) is 6.15. The summed E-state index contributed by atoms with van der Waals surface area (Å²) < 4.78 is 0. The molecule has 6 aromatic carbocycles. The number of hydrogen-bond acceptors (Lipinski definition) is 3. The molecule has 0 amide bonds. The van der Waals surface area contributed by atoms with Gasteiger partial charge in [-0.3, -0.25) is 0 Å². The van der Waals surface area contributed by atoms with Gasteiger partial charge in [0, 0.05) is 11.1 Å². The molecule has 7 aromatic rings. The average Bonchev–Trinajstić information content (AvgIpc) is 3.05. The van der Waals surface area contributed by atoms with Gasteiger partial charge in [0.15, 0.2) is 11.6 Å². The summed E-state index contributed by atoms with van der Waals surface area (Å²) in [5, 5.41) is 2.47. The number of aromatic nitrogens is 3. The summed E-state index contributed by atoms with van der Waals surface area (Å²) in [5.41, 5.74) is 9.18. The van der Waals surface area contributed by atoms with Crippen LogP contribution in [-0.4, -0.2) is 15.0 Å². The SMILES string of the molecule is c1ccc(-c2ccc(-c3ccc(-c4ccc(-c5ncnc(-c6ccccc6)n5)cc4)c4ccccc34)cc2)cc1. The number of nitrogens with zero attached hydrogens (tertiary/aromatic N) is 3. The molecule has 1 aromatic heterocycles. The lowest BCUT2D eigenvalue weighted by Crippen LogP contribution is -1.95. The van der Waals surface area contributed by atoms with Crippen molar-refractivity contribution >= 4 is 10.8 Å². The van der Waals surface area contributed by atoms with Crippen molar-refractivity contribution in [2.45, 2.75) is 0 Å². The molecule has 3 nitrogen and oxygen atoms in total. The van der Waals surface area contributed by atoms with Crippen molar-refractivity contribution in [1.82, 2.24) is 15.0 Å². The van der Waals surface area contributed by atoms with Crippen LogP contribution in [-0.2, 0) is 0 Å². The first-order valence-electron chi connectivity index (χ1n) is 13.4. The summed E-state index contributed by atoms with van der Waals surface area (Å²) in [5.74, 6) is 1.34. The molecule has 0 aliphatic carbocycles. The van der Waals surface area contributed by atoms with E-state index in [1.165, 1.54) is 38.6 Å². The third-order valence-electron chi connectivity index (χ3n) is 7.29. The largest absolute Gasteiger partial charge is 0.217 e. The van der Waals surface area contributed by atoms with Gasteiger partial charge in [0.05, 0.1) is 0 Å². The normalized spacial score (nSPS) is 11.0. The maximum atomic E-state index is 4.71. The highest BCUT2D eigenvalue weighted by Gasteiger charge is 2.11. The first kappa shape index (κ1) is 23.7. The van der Waals surface area contributed by atoms with Crippen LogP contribution in [0.4, 0.5) is 0 Å². The zero-order valence-corrected chi connectivity index (χ0v) is 21.8. The molecule has 0 saturated heterocycles. The molecule has 0 saturated carbocycles. The van der Waals surface area contributed by atoms with Crippen LogP contribution in [0.25, 0.3) is 66.9 Å². The molecule has 0 radical (unpaired) electrons. The van der Waals surface area contributed by atoms with Gasteiger partial charge >= 0.3 is 0 Å². The van der Waals surface area contributed by atoms with Crippen LogP contribution in [0.1, 0.15) is 0 Å². The second-order valence-electron chi connectivity index (χ2n) is 9.73. The number of hydrogen-bond donors (Lipinski definition) is 0. The maximum Gasteiger partial charge on any atom is 0.163 e. The van der Waals surface area contributed by atoms with Gasteiger partial charge in [0.25, 0.3) is 0 Å². The van der Waals surface area contributed by atoms with E-state index in [4.69, 9.17) is 4.98 Å². The summed E-state index contributed by atoms with van der Waals surface area (Å²) in [7, 11) is 0. The predicted octanol–water partition coefficient (Wildman–Crippen LogP) is 9.36. The van der Waals surface area contributed by atoms with Crippen LogP contribution in [0.15, 0.2) is 152 Å². The van der Waals surface area contributed by atoms with Gasteiger partial charge in [-0.05, 0) is 44.2 Å². The fraction of sp³-hybridized carbons (Fsp3) is 0. The smallest absolute Gasteiger partial charge is 0.163 e. The molecule has 0 atom stereocenters. The predicted molar refractivity (Wildman–Crippen MR) is 165 cm³/mol. The summed E-state index contributed by atoms with van der Waals surface area (Å²) >= 11 is 0. The Morgan fingerprint density at radius 3 is 1.20 bits per heavy atom. The molecule has 40 heavy (non-hydrogen) atoms. The molecule has 1 heterocycles. The molecule has 0 bridgehead atoms. The second-order valence-corrected chi connectivity index (χ2v) is 9.73. The standard InChI is InChI=1S/C37H25N3/c1-3-9-26(10-4-1)27-15-17-28(18-16-27)32-23-24-33(35-14-8-7-13-34(32)35)29-19-21-31(22-20-29)37-39-25-38-36(40-37)30-11-5-2-6-12-30/h1-25H. The molecule has 7 rings (SSSR count). The summed E-state index contributed by atoms with van der Waals surface area (Å²) in [6.07, 6.45) is 1.58. The molecule has 0 aliphatic heterocycles. The molecular formula is C37H25N3. The van der Waals surface area contributed by atoms with Crippen LogP contribution in [0.3, 0.4) is 0 Å². The van der Waals surface area contributed by atoms with Gasteiger partial charge in [-0.25, -0.2) is 15.0 Å². The van der Waals surface area contributed by atoms with E-state index < -0.39 is 0 Å². The summed E-state index contributed by atoms with van der Waals surface area (Å²) in [6, 6.07) is 50.9. The first-order valence-corrected chi connectivity index (χ1v) is 13.4. The van der Waals surface area contributed by atoms with Gasteiger partial charge in [-0.1, -0.05) is 146 Å². The van der Waals surface area contributed by atoms with Crippen molar-refractivity contribution in [3.05, 3.63) is 152 Å². The number of fused-ring (bicyclic) bond motifs is 1. The quantitative estimate of drug-likeness (QED) is 0.231. The number of rotatable bonds is 5. The lowest BCUT2D eigenvalue weighted by atomic mass is 9.91. The highest BCUT2D eigenvalue weighted by atomic mass is 15.0. The van der Waals surface area contributed by atoms with Gasteiger partial charge in [0.2, 0.25) is 0 Å². The third kappa shape index (κ3) is 4.55. The van der Waals surface area contributed by atoms with Gasteiger partial charge in [-0.2, -0.15) is 0 Å². The molecular weight excluding hydrogens is 486 g/mol. The Bertz CT molecular complexity index is 1910. The molecule has 0 spiro atoms. The van der Waals surface area contributed by atoms with Crippen LogP contribution in [0.2, 0.25) is 0 Å². The van der Waals surface area contributed by atoms with E-state index in [-0.39, 0.29) is 0 Å². The minimum atomic E-state index is 0.666. The van der Waals surface area contributed by atoms with E-state index in [0.717, 1.165) is 16.7 Å². The highest BCUT2D eigenvalue weighted by Crippen LogP contribution is 2.37. The van der Waals surface area contributed by atoms with Gasteiger partial charge in [-0.15, -0.1) is 0 Å². The Labute approximate surface area is 233 Å². The van der Waals surface area contributed by atoms with Crippen LogP contribution < -0.4 is 0 Å². The van der Waals surface area contributed by atoms with Crippen molar-refractivity contribution < 1.29 is 0 Å². The lowest BCUT2D eigenvalue weighted by Gasteiger charge is -2.13. The van der Waals surface area contributed by atoms with Crippen molar-refractivity contribution in [3.63, 3.8) is 0 Å². The van der Waals surface area contributed by atoms with E-state index in [9.17, 15) is 0 Å². The van der Waals surface area contributed by atoms with Crippen LogP contribution in [0.5, 0.6) is 0 Å². The Balaban J connectivity index is 1.22. The Morgan fingerprint density at radius 1 is 0.300 bits per heavy atom. The molecule has 0 aliphatic rings. The van der Waals surface area contributed by atoms with E-state index in [0.29, 0.717) is 11.6 Å². The molecule has 0 unspecified atom stereocenters. The van der Waals surface area contributed by atoms with Gasteiger partial charge < -0.3 is 0 Å². The van der Waals surface area contributed by atoms with E-state index >= 15 is 0 Å². The van der Waals surface area contributed by atoms with Crippen molar-refractivity contribution in [2.24, 2.45) is 0 Å². The summed E-state index contributed by atoms with van der Waals surface area (Å²) in [6.45, 7) is 0. The zero-order valence-electron chi connectivity index (χ0n) is 21.8. The minimum absolute atomic E-state index is 0.666. The van der Waals surface area contributed by atoms with Gasteiger partial charge in [0.1, 0.15) is 6.33 Å². The molecule has 0 N–H and O–H groups in total. The Hall–Kier alpha value is -5.41. The Morgan fingerprint density at radius 2 is 0.675 bits per heavy atom. The van der Waals surface area contributed by atoms with E-state index in [1.54, 1.807) is 6.33 Å². The monoisotopic (exact) mass is 511 g/mol. The minimum Gasteiger partial charge on any atom is -0.217 e. The first-order chi connectivity index (χ1) is 19.8. The fourth-order valence-electron chi connectivity index (χ4n) is 5.24. The van der Waals surface area contributed by atoms with Crippen molar-refractivity contribution in [1.29, 1.82) is 0 Å². The second kappa shape index (κ2) is 10.4. The van der Waals surface area contributed by atoms with E-state index in [2.05, 4.69) is 119 Å². The number of benzene rings is 6. The fourth-order valence-corrected chi connectivity index (χ4v) is 5.24. The van der Waals surface area contributed by atoms with Crippen LogP contribution >= 0.6 is 0 Å². The molecule has 0 fully saturated rings. The van der Waals surface area contributed by atoms with Crippen LogP contribution in [0, 0.1) is 0 Å². The lowest BCUT2D eigenvalue weighted by molar-refractivity contribution is 1.07. The molecule has 3 heteroatoms. The topological polar surface area (TPSA) is 38.7 Å². The summed E-state index contributed by atoms with van der Waals surface area (Å²) in [4.78, 5) is 13.5. The van der Waals surface area contributed by atoms with Crippen molar-refractivity contribution in [2.75, 3.05) is 0 Å². The van der Waals surface area contributed by atoms with Crippen molar-refractivity contribution in [3.8, 4) is 56.2 Å². The molecule has 188 valence electrons. The highest BCUT2D eigenvalue weighted by molar-refractivity contribution is 6.05. The third-order valence-corrected chi connectivity index (χ3v) is 7.29.